The third-order valence-electron chi connectivity index (χ3n) is 4.30. The van der Waals surface area contributed by atoms with Gasteiger partial charge in [0, 0.05) is 28.7 Å². The van der Waals surface area contributed by atoms with Gasteiger partial charge in [-0.1, -0.05) is 23.7 Å². The summed E-state index contributed by atoms with van der Waals surface area (Å²) in [6, 6.07) is 14.3. The summed E-state index contributed by atoms with van der Waals surface area (Å²) in [5.41, 5.74) is 3.58. The minimum Gasteiger partial charge on any atom is -0.348 e. The van der Waals surface area contributed by atoms with Gasteiger partial charge in [-0.05, 0) is 62.7 Å². The van der Waals surface area contributed by atoms with Crippen LogP contribution in [0.1, 0.15) is 35.5 Å². The third-order valence-corrected chi connectivity index (χ3v) is 4.53. The van der Waals surface area contributed by atoms with Crippen molar-refractivity contribution in [2.75, 3.05) is 5.32 Å². The first kappa shape index (κ1) is 20.6. The van der Waals surface area contributed by atoms with Crippen LogP contribution in [0, 0.1) is 6.92 Å². The number of pyridine rings is 1. The molecule has 0 radical (unpaired) electrons. The third kappa shape index (κ3) is 5.45. The van der Waals surface area contributed by atoms with E-state index in [9.17, 15) is 9.59 Å². The predicted octanol–water partition coefficient (Wildman–Crippen LogP) is 4.66. The molecule has 6 nitrogen and oxygen atoms in total. The highest BCUT2D eigenvalue weighted by Crippen LogP contribution is 2.21. The molecule has 0 saturated carbocycles. The van der Waals surface area contributed by atoms with Gasteiger partial charge in [-0.2, -0.15) is 0 Å². The van der Waals surface area contributed by atoms with Gasteiger partial charge < -0.3 is 16.0 Å². The van der Waals surface area contributed by atoms with Crippen LogP contribution in [0.5, 0.6) is 0 Å². The first-order valence-corrected chi connectivity index (χ1v) is 9.71. The number of urea groups is 1. The minimum absolute atomic E-state index is 0.0635. The summed E-state index contributed by atoms with van der Waals surface area (Å²) in [7, 11) is 0. The number of carbonyl (C=O) groups excluding carboxylic acids is 2. The summed E-state index contributed by atoms with van der Waals surface area (Å²) in [6.07, 6.45) is 0. The van der Waals surface area contributed by atoms with E-state index in [1.54, 1.807) is 30.3 Å². The molecule has 0 saturated heterocycles. The second-order valence-corrected chi connectivity index (χ2v) is 7.53. The van der Waals surface area contributed by atoms with E-state index in [0.29, 0.717) is 28.5 Å². The fraction of sp³-hybridized carbons (Fsp3) is 0.227. The first-order chi connectivity index (χ1) is 13.8. The average Bonchev–Trinajstić information content (AvgIpc) is 2.66. The Balaban J connectivity index is 1.64. The summed E-state index contributed by atoms with van der Waals surface area (Å²) in [6.45, 7) is 5.97. The number of anilines is 1. The van der Waals surface area contributed by atoms with Crippen molar-refractivity contribution in [3.63, 3.8) is 0 Å². The van der Waals surface area contributed by atoms with Crippen molar-refractivity contribution < 1.29 is 9.59 Å². The van der Waals surface area contributed by atoms with Gasteiger partial charge in [0.05, 0.1) is 16.8 Å². The molecule has 0 fully saturated rings. The van der Waals surface area contributed by atoms with Gasteiger partial charge in [0.15, 0.2) is 0 Å². The molecule has 3 amide bonds. The molecule has 0 aliphatic rings. The Bertz CT molecular complexity index is 1050. The lowest BCUT2D eigenvalue weighted by atomic mass is 10.1. The molecule has 0 aliphatic heterocycles. The fourth-order valence-electron chi connectivity index (χ4n) is 2.89. The highest BCUT2D eigenvalue weighted by molar-refractivity contribution is 6.31. The van der Waals surface area contributed by atoms with Gasteiger partial charge in [-0.15, -0.1) is 0 Å². The Morgan fingerprint density at radius 3 is 2.48 bits per heavy atom. The molecule has 7 heteroatoms. The number of hydrogen-bond acceptors (Lipinski definition) is 3. The van der Waals surface area contributed by atoms with E-state index in [1.807, 2.05) is 39.0 Å². The molecule has 3 rings (SSSR count). The van der Waals surface area contributed by atoms with Gasteiger partial charge >= 0.3 is 6.03 Å². The van der Waals surface area contributed by atoms with Crippen LogP contribution in [-0.4, -0.2) is 23.0 Å². The zero-order valence-corrected chi connectivity index (χ0v) is 17.3. The van der Waals surface area contributed by atoms with E-state index < -0.39 is 0 Å². The Morgan fingerprint density at radius 2 is 1.79 bits per heavy atom. The van der Waals surface area contributed by atoms with Crippen molar-refractivity contribution in [2.45, 2.75) is 33.4 Å². The summed E-state index contributed by atoms with van der Waals surface area (Å²) < 4.78 is 0. The van der Waals surface area contributed by atoms with Crippen molar-refractivity contribution in [1.82, 2.24) is 15.6 Å². The summed E-state index contributed by atoms with van der Waals surface area (Å²) in [5, 5.41) is 9.86. The van der Waals surface area contributed by atoms with E-state index in [1.165, 1.54) is 0 Å². The Morgan fingerprint density at radius 1 is 1.07 bits per heavy atom. The molecular weight excluding hydrogens is 388 g/mol. The van der Waals surface area contributed by atoms with Crippen LogP contribution >= 0.6 is 11.6 Å². The van der Waals surface area contributed by atoms with E-state index >= 15 is 0 Å². The maximum absolute atomic E-state index is 12.6. The summed E-state index contributed by atoms with van der Waals surface area (Å²) >= 11 is 6.04. The van der Waals surface area contributed by atoms with E-state index in [2.05, 4.69) is 20.9 Å². The Labute approximate surface area is 174 Å². The zero-order chi connectivity index (χ0) is 21.0. The molecule has 2 aromatic carbocycles. The topological polar surface area (TPSA) is 83.1 Å². The molecule has 0 bridgehead atoms. The van der Waals surface area contributed by atoms with Crippen molar-refractivity contribution in [3.8, 4) is 0 Å². The maximum Gasteiger partial charge on any atom is 0.319 e. The molecule has 1 heterocycles. The molecule has 3 aromatic rings. The quantitative estimate of drug-likeness (QED) is 0.572. The van der Waals surface area contributed by atoms with Gasteiger partial charge in [0.25, 0.3) is 5.91 Å². The number of aryl methyl sites for hydroxylation is 1. The van der Waals surface area contributed by atoms with Crippen LogP contribution in [0.2, 0.25) is 5.02 Å². The highest BCUT2D eigenvalue weighted by atomic mass is 35.5. The molecule has 1 aromatic heterocycles. The number of nitrogens with zero attached hydrogens (tertiary/aromatic N) is 1. The number of halogens is 1. The molecule has 0 aliphatic carbocycles. The SMILES string of the molecule is Cc1nc2ccc(Cl)cc2cc1C(=O)NCc1ccc(NC(=O)NC(C)C)cc1. The van der Waals surface area contributed by atoms with Gasteiger partial charge in [0.2, 0.25) is 0 Å². The summed E-state index contributed by atoms with van der Waals surface area (Å²) in [4.78, 5) is 28.9. The van der Waals surface area contributed by atoms with Crippen LogP contribution in [-0.2, 0) is 6.54 Å². The molecule has 3 N–H and O–H groups in total. The lowest BCUT2D eigenvalue weighted by Crippen LogP contribution is -2.34. The monoisotopic (exact) mass is 410 g/mol. The van der Waals surface area contributed by atoms with Crippen LogP contribution in [0.25, 0.3) is 10.9 Å². The van der Waals surface area contributed by atoms with Crippen LogP contribution in [0.4, 0.5) is 10.5 Å². The van der Waals surface area contributed by atoms with E-state index in [4.69, 9.17) is 11.6 Å². The Hall–Kier alpha value is -3.12. The molecule has 0 atom stereocenters. The second-order valence-electron chi connectivity index (χ2n) is 7.09. The summed E-state index contributed by atoms with van der Waals surface area (Å²) in [5.74, 6) is -0.199. The molecule has 150 valence electrons. The smallest absolute Gasteiger partial charge is 0.319 e. The first-order valence-electron chi connectivity index (χ1n) is 9.33. The highest BCUT2D eigenvalue weighted by Gasteiger charge is 2.12. The molecule has 29 heavy (non-hydrogen) atoms. The van der Waals surface area contributed by atoms with Crippen molar-refractivity contribution in [2.24, 2.45) is 0 Å². The second kappa shape index (κ2) is 8.92. The number of nitrogens with one attached hydrogen (secondary N) is 3. The number of aromatic nitrogens is 1. The molecule has 0 unspecified atom stereocenters. The Kier molecular flexibility index (Phi) is 6.34. The maximum atomic E-state index is 12.6. The fourth-order valence-corrected chi connectivity index (χ4v) is 3.07. The number of carbonyl (C=O) groups is 2. The molecule has 0 spiro atoms. The van der Waals surface area contributed by atoms with Gasteiger partial charge in [-0.3, -0.25) is 9.78 Å². The van der Waals surface area contributed by atoms with Gasteiger partial charge in [0.1, 0.15) is 0 Å². The standard InChI is InChI=1S/C22H23ClN4O2/c1-13(2)25-22(29)27-18-7-4-15(5-8-18)12-24-21(28)19-11-16-10-17(23)6-9-20(16)26-14(19)3/h4-11,13H,12H2,1-3H3,(H,24,28)(H2,25,27,29). The lowest BCUT2D eigenvalue weighted by molar-refractivity contribution is 0.0950. The average molecular weight is 411 g/mol. The number of hydrogen-bond donors (Lipinski definition) is 3. The van der Waals surface area contributed by atoms with Crippen LogP contribution in [0.3, 0.4) is 0 Å². The van der Waals surface area contributed by atoms with E-state index in [-0.39, 0.29) is 18.0 Å². The minimum atomic E-state index is -0.250. The van der Waals surface area contributed by atoms with E-state index in [0.717, 1.165) is 16.5 Å². The normalized spacial score (nSPS) is 10.8. The molecular formula is C22H23ClN4O2. The number of fused-ring (bicyclic) bond motifs is 1. The number of amides is 3. The largest absolute Gasteiger partial charge is 0.348 e. The number of rotatable bonds is 5. The number of benzene rings is 2. The predicted molar refractivity (Wildman–Crippen MR) is 116 cm³/mol. The van der Waals surface area contributed by atoms with Crippen molar-refractivity contribution in [3.05, 3.63) is 70.4 Å². The lowest BCUT2D eigenvalue weighted by Gasteiger charge is -2.11. The van der Waals surface area contributed by atoms with Crippen LogP contribution in [0.15, 0.2) is 48.5 Å². The van der Waals surface area contributed by atoms with Gasteiger partial charge in [-0.25, -0.2) is 4.79 Å². The van der Waals surface area contributed by atoms with Crippen molar-refractivity contribution in [1.29, 1.82) is 0 Å². The van der Waals surface area contributed by atoms with Crippen LogP contribution < -0.4 is 16.0 Å². The van der Waals surface area contributed by atoms with Crippen molar-refractivity contribution >= 4 is 40.1 Å². The zero-order valence-electron chi connectivity index (χ0n) is 16.5.